The van der Waals surface area contributed by atoms with Gasteiger partial charge in [-0.15, -0.1) is 0 Å². The van der Waals surface area contributed by atoms with E-state index in [1.165, 1.54) is 43.9 Å². The molecule has 2 fully saturated rings. The second-order valence-corrected chi connectivity index (χ2v) is 12.9. The Balaban J connectivity index is 1.41. The summed E-state index contributed by atoms with van der Waals surface area (Å²) in [7, 11) is 0. The number of amides is 4. The zero-order valence-corrected chi connectivity index (χ0v) is 26.7. The molecule has 1 aliphatic carbocycles. The molecule has 4 amide bonds. The summed E-state index contributed by atoms with van der Waals surface area (Å²) in [5.74, 6) is -2.98. The molecule has 0 radical (unpaired) electrons. The van der Waals surface area contributed by atoms with Gasteiger partial charge in [0, 0.05) is 48.1 Å². The number of carboxylic acids is 1. The van der Waals surface area contributed by atoms with Crippen molar-refractivity contribution in [2.24, 2.45) is 5.41 Å². The van der Waals surface area contributed by atoms with E-state index in [1.54, 1.807) is 4.90 Å². The predicted octanol–water partition coefficient (Wildman–Crippen LogP) is 4.72. The van der Waals surface area contributed by atoms with Crippen LogP contribution in [0.2, 0.25) is 10.0 Å². The summed E-state index contributed by atoms with van der Waals surface area (Å²) in [6, 6.07) is 11.5. The molecule has 1 saturated carbocycles. The fourth-order valence-corrected chi connectivity index (χ4v) is 6.74. The molecule has 12 heteroatoms. The summed E-state index contributed by atoms with van der Waals surface area (Å²) >= 11 is 12.2. The van der Waals surface area contributed by atoms with Crippen LogP contribution in [-0.4, -0.2) is 64.8 Å². The van der Waals surface area contributed by atoms with Gasteiger partial charge in [-0.3, -0.25) is 24.0 Å². The normalized spacial score (nSPS) is 16.9. The highest BCUT2D eigenvalue weighted by Gasteiger charge is 2.39. The van der Waals surface area contributed by atoms with Crippen molar-refractivity contribution in [1.29, 1.82) is 0 Å². The molecule has 0 unspecified atom stereocenters. The lowest BCUT2D eigenvalue weighted by Crippen LogP contribution is -2.52. The monoisotopic (exact) mass is 658 g/mol. The summed E-state index contributed by atoms with van der Waals surface area (Å²) in [5.41, 5.74) is 1.32. The third-order valence-electron chi connectivity index (χ3n) is 8.80. The fourth-order valence-electron chi connectivity index (χ4n) is 6.22. The molecule has 242 valence electrons. The zero-order valence-electron chi connectivity index (χ0n) is 25.2. The van der Waals surface area contributed by atoms with Crippen molar-refractivity contribution in [2.45, 2.75) is 82.8 Å². The molecule has 0 bridgehead atoms. The number of rotatable bonds is 13. The first kappa shape index (κ1) is 34.2. The Bertz CT molecular complexity index is 1350. The van der Waals surface area contributed by atoms with Crippen molar-refractivity contribution in [3.63, 3.8) is 0 Å². The van der Waals surface area contributed by atoms with Gasteiger partial charge in [0.05, 0.1) is 0 Å². The van der Waals surface area contributed by atoms with Crippen LogP contribution in [0.4, 0.5) is 0 Å². The molecule has 1 saturated heterocycles. The van der Waals surface area contributed by atoms with Gasteiger partial charge in [0.15, 0.2) is 0 Å². The van der Waals surface area contributed by atoms with E-state index in [1.807, 2.05) is 30.3 Å². The van der Waals surface area contributed by atoms with Gasteiger partial charge in [-0.05, 0) is 67.7 Å². The van der Waals surface area contributed by atoms with Gasteiger partial charge in [0.2, 0.25) is 17.7 Å². The van der Waals surface area contributed by atoms with Gasteiger partial charge >= 0.3 is 5.97 Å². The van der Waals surface area contributed by atoms with Crippen molar-refractivity contribution < 1.29 is 29.1 Å². The van der Waals surface area contributed by atoms with Crippen LogP contribution in [0.5, 0.6) is 0 Å². The standard InChI is InChI=1S/C33H40Cl2N4O6/c34-24-18-23(19-25(35)20-24)30(43)38-27(32(45)39-16-14-33(15-17-39)12-4-5-13-33)8-10-28(40)37-26(9-11-29(41)42)31(44)36-21-22-6-2-1-3-7-22/h1-3,6-7,18-20,26-27H,4-5,8-17,21H2,(H,36,44)(H,37,40)(H,38,43)(H,41,42)/t26-,27-/m1/s1. The number of halogens is 2. The van der Waals surface area contributed by atoms with E-state index in [4.69, 9.17) is 23.2 Å². The number of carboxylic acid groups (broad SMARTS) is 1. The summed E-state index contributed by atoms with van der Waals surface area (Å²) < 4.78 is 0. The van der Waals surface area contributed by atoms with E-state index in [0.717, 1.165) is 18.4 Å². The lowest BCUT2D eigenvalue weighted by Gasteiger charge is -2.40. The van der Waals surface area contributed by atoms with Gasteiger partial charge in [-0.2, -0.15) is 0 Å². The molecule has 10 nitrogen and oxygen atoms in total. The van der Waals surface area contributed by atoms with Crippen LogP contribution in [0.25, 0.3) is 0 Å². The molecule has 0 aromatic heterocycles. The van der Waals surface area contributed by atoms with Crippen LogP contribution in [0, 0.1) is 5.41 Å². The van der Waals surface area contributed by atoms with Gasteiger partial charge in [-0.25, -0.2) is 0 Å². The van der Waals surface area contributed by atoms with Crippen LogP contribution in [0.1, 0.15) is 80.1 Å². The average Bonchev–Trinajstić information content (AvgIpc) is 3.47. The molecule has 4 rings (SSSR count). The van der Waals surface area contributed by atoms with Crippen molar-refractivity contribution in [1.82, 2.24) is 20.9 Å². The number of nitrogens with zero attached hydrogens (tertiary/aromatic N) is 1. The lowest BCUT2D eigenvalue weighted by atomic mass is 9.77. The highest BCUT2D eigenvalue weighted by Crippen LogP contribution is 2.46. The first-order valence-electron chi connectivity index (χ1n) is 15.4. The Morgan fingerprint density at radius 2 is 1.44 bits per heavy atom. The van der Waals surface area contributed by atoms with Crippen molar-refractivity contribution in [3.8, 4) is 0 Å². The maximum Gasteiger partial charge on any atom is 0.303 e. The molecule has 2 aromatic rings. The van der Waals surface area contributed by atoms with Crippen molar-refractivity contribution in [2.75, 3.05) is 13.1 Å². The van der Waals surface area contributed by atoms with E-state index < -0.39 is 35.8 Å². The third-order valence-corrected chi connectivity index (χ3v) is 9.23. The van der Waals surface area contributed by atoms with E-state index in [0.29, 0.717) is 18.5 Å². The lowest BCUT2D eigenvalue weighted by molar-refractivity contribution is -0.138. The molecule has 1 aliphatic heterocycles. The molecule has 2 aliphatic rings. The van der Waals surface area contributed by atoms with Crippen LogP contribution in [-0.2, 0) is 25.7 Å². The minimum Gasteiger partial charge on any atom is -0.481 e. The third kappa shape index (κ3) is 10.2. The first-order chi connectivity index (χ1) is 21.5. The largest absolute Gasteiger partial charge is 0.481 e. The first-order valence-corrected chi connectivity index (χ1v) is 16.2. The van der Waals surface area contributed by atoms with Crippen LogP contribution < -0.4 is 16.0 Å². The topological polar surface area (TPSA) is 145 Å². The minimum atomic E-state index is -1.10. The molecular formula is C33H40Cl2N4O6. The number of likely N-dealkylation sites (tertiary alicyclic amines) is 1. The van der Waals surface area contributed by atoms with E-state index in [2.05, 4.69) is 16.0 Å². The van der Waals surface area contributed by atoms with Gasteiger partial charge in [0.25, 0.3) is 5.91 Å². The number of hydrogen-bond acceptors (Lipinski definition) is 5. The Labute approximate surface area is 273 Å². The molecular weight excluding hydrogens is 619 g/mol. The molecule has 1 heterocycles. The highest BCUT2D eigenvalue weighted by atomic mass is 35.5. The van der Waals surface area contributed by atoms with Crippen LogP contribution in [0.3, 0.4) is 0 Å². The number of carbonyl (C=O) groups excluding carboxylic acids is 4. The minimum absolute atomic E-state index is 0.0242. The Morgan fingerprint density at radius 3 is 2.07 bits per heavy atom. The maximum atomic E-state index is 13.7. The Morgan fingerprint density at radius 1 is 0.822 bits per heavy atom. The average molecular weight is 660 g/mol. The number of carbonyl (C=O) groups is 5. The van der Waals surface area contributed by atoms with Crippen molar-refractivity contribution >= 4 is 52.8 Å². The van der Waals surface area contributed by atoms with Gasteiger partial charge in [-0.1, -0.05) is 66.4 Å². The Kier molecular flexibility index (Phi) is 12.2. The predicted molar refractivity (Wildman–Crippen MR) is 171 cm³/mol. The second kappa shape index (κ2) is 16.1. The SMILES string of the molecule is O=C(O)CC[C@@H](NC(=O)CC[C@@H](NC(=O)c1cc(Cl)cc(Cl)c1)C(=O)N1CCC2(CCCC2)CC1)C(=O)NCc1ccccc1. The van der Waals surface area contributed by atoms with Gasteiger partial charge < -0.3 is 26.0 Å². The molecule has 1 spiro atoms. The summed E-state index contributed by atoms with van der Waals surface area (Å²) in [4.78, 5) is 65.9. The number of nitrogens with one attached hydrogen (secondary N) is 3. The molecule has 45 heavy (non-hydrogen) atoms. The molecule has 2 aromatic carbocycles. The summed E-state index contributed by atoms with van der Waals surface area (Å²) in [6.45, 7) is 1.38. The summed E-state index contributed by atoms with van der Waals surface area (Å²) in [6.07, 6.45) is 5.96. The van der Waals surface area contributed by atoms with Crippen molar-refractivity contribution in [3.05, 3.63) is 69.7 Å². The number of piperidine rings is 1. The Hall–Kier alpha value is -3.63. The highest BCUT2D eigenvalue weighted by molar-refractivity contribution is 6.35. The maximum absolute atomic E-state index is 13.7. The number of aliphatic carboxylic acids is 1. The molecule has 2 atom stereocenters. The summed E-state index contributed by atoms with van der Waals surface area (Å²) in [5, 5.41) is 17.9. The fraction of sp³-hybridized carbons (Fsp3) is 0.485. The van der Waals surface area contributed by atoms with E-state index in [-0.39, 0.29) is 53.7 Å². The second-order valence-electron chi connectivity index (χ2n) is 12.0. The number of hydrogen-bond donors (Lipinski definition) is 4. The quantitative estimate of drug-likeness (QED) is 0.245. The van der Waals surface area contributed by atoms with E-state index in [9.17, 15) is 29.1 Å². The van der Waals surface area contributed by atoms with Crippen LogP contribution >= 0.6 is 23.2 Å². The zero-order chi connectivity index (χ0) is 32.4. The van der Waals surface area contributed by atoms with Gasteiger partial charge in [0.1, 0.15) is 12.1 Å². The van der Waals surface area contributed by atoms with E-state index >= 15 is 0 Å². The molecule has 4 N–H and O–H groups in total. The van der Waals surface area contributed by atoms with Crippen LogP contribution in [0.15, 0.2) is 48.5 Å². The number of benzene rings is 2. The smallest absolute Gasteiger partial charge is 0.303 e.